The molecule has 0 aromatic rings. The molecule has 4 heteroatoms. The average molecular weight is 212 g/mol. The third-order valence-electron chi connectivity index (χ3n) is 1.78. The molecular formula is C11H20N2O2. The maximum absolute atomic E-state index is 5.54. The molecule has 1 saturated heterocycles. The Hall–Kier alpha value is -0.740. The minimum absolute atomic E-state index is 0.0592. The molecule has 0 aromatic carbocycles. The molecule has 1 fully saturated rings. The van der Waals surface area contributed by atoms with Crippen LogP contribution in [0, 0.1) is 5.41 Å². The number of hydrogen-bond donors (Lipinski definition) is 0. The highest BCUT2D eigenvalue weighted by atomic mass is 16.7. The van der Waals surface area contributed by atoms with Crippen LogP contribution in [-0.4, -0.2) is 30.9 Å². The summed E-state index contributed by atoms with van der Waals surface area (Å²) in [6.45, 7) is 10.5. The van der Waals surface area contributed by atoms with Crippen molar-refractivity contribution in [2.45, 2.75) is 46.5 Å². The van der Waals surface area contributed by atoms with Crippen molar-refractivity contribution >= 4 is 12.4 Å². The summed E-state index contributed by atoms with van der Waals surface area (Å²) >= 11 is 0. The maximum atomic E-state index is 5.54. The van der Waals surface area contributed by atoms with E-state index < -0.39 is 5.79 Å². The lowest BCUT2D eigenvalue weighted by Crippen LogP contribution is -2.21. The van der Waals surface area contributed by atoms with Gasteiger partial charge in [-0.3, -0.25) is 0 Å². The van der Waals surface area contributed by atoms with E-state index in [0.29, 0.717) is 6.61 Å². The van der Waals surface area contributed by atoms with Crippen LogP contribution in [0.5, 0.6) is 0 Å². The highest BCUT2D eigenvalue weighted by molar-refractivity contribution is 5.67. The Labute approximate surface area is 91.4 Å². The maximum Gasteiger partial charge on any atom is 0.163 e. The largest absolute Gasteiger partial charge is 0.347 e. The Bertz CT molecular complexity index is 264. The molecule has 1 rings (SSSR count). The van der Waals surface area contributed by atoms with E-state index in [4.69, 9.17) is 9.47 Å². The second-order valence-electron chi connectivity index (χ2n) is 5.24. The van der Waals surface area contributed by atoms with Gasteiger partial charge in [-0.05, 0) is 19.3 Å². The van der Waals surface area contributed by atoms with Crippen LogP contribution in [0.2, 0.25) is 0 Å². The number of hydrogen-bond acceptors (Lipinski definition) is 4. The summed E-state index contributed by atoms with van der Waals surface area (Å²) < 4.78 is 10.9. The first-order valence-electron chi connectivity index (χ1n) is 5.18. The van der Waals surface area contributed by atoms with E-state index in [1.54, 1.807) is 6.21 Å². The summed E-state index contributed by atoms with van der Waals surface area (Å²) in [4.78, 5) is 0. The van der Waals surface area contributed by atoms with E-state index >= 15 is 0 Å². The fourth-order valence-electron chi connectivity index (χ4n) is 1.11. The van der Waals surface area contributed by atoms with Gasteiger partial charge in [-0.15, -0.1) is 0 Å². The van der Waals surface area contributed by atoms with Crippen LogP contribution in [0.4, 0.5) is 0 Å². The predicted octanol–water partition coefficient (Wildman–Crippen LogP) is 2.24. The molecule has 0 unspecified atom stereocenters. The smallest absolute Gasteiger partial charge is 0.163 e. The van der Waals surface area contributed by atoms with Crippen molar-refractivity contribution < 1.29 is 9.47 Å². The fraction of sp³-hybridized carbons (Fsp3) is 0.818. The van der Waals surface area contributed by atoms with Crippen LogP contribution in [0.3, 0.4) is 0 Å². The van der Waals surface area contributed by atoms with Gasteiger partial charge in [-0.1, -0.05) is 20.8 Å². The lowest BCUT2D eigenvalue weighted by Gasteiger charge is -2.15. The number of nitrogens with zero attached hydrogens (tertiary/aromatic N) is 2. The van der Waals surface area contributed by atoms with E-state index in [-0.39, 0.29) is 11.5 Å². The Kier molecular flexibility index (Phi) is 3.62. The summed E-state index contributed by atoms with van der Waals surface area (Å²) in [5, 5.41) is 7.91. The fourth-order valence-corrected chi connectivity index (χ4v) is 1.11. The van der Waals surface area contributed by atoms with E-state index in [2.05, 4.69) is 31.0 Å². The van der Waals surface area contributed by atoms with E-state index in [9.17, 15) is 0 Å². The van der Waals surface area contributed by atoms with Crippen molar-refractivity contribution in [2.24, 2.45) is 15.6 Å². The minimum atomic E-state index is -0.496. The van der Waals surface area contributed by atoms with Gasteiger partial charge in [0.2, 0.25) is 0 Å². The second-order valence-corrected chi connectivity index (χ2v) is 5.24. The molecule has 0 aliphatic carbocycles. The summed E-state index contributed by atoms with van der Waals surface area (Å²) in [6.07, 6.45) is 3.40. The van der Waals surface area contributed by atoms with Gasteiger partial charge in [-0.2, -0.15) is 10.2 Å². The Morgan fingerprint density at radius 2 is 1.93 bits per heavy atom. The summed E-state index contributed by atoms with van der Waals surface area (Å²) in [7, 11) is 0. The molecule has 4 nitrogen and oxygen atoms in total. The van der Waals surface area contributed by atoms with Crippen molar-refractivity contribution in [2.75, 3.05) is 6.61 Å². The number of ether oxygens (including phenoxy) is 2. The normalized spacial score (nSPS) is 26.9. The van der Waals surface area contributed by atoms with E-state index in [0.717, 1.165) is 0 Å². The zero-order valence-corrected chi connectivity index (χ0v) is 10.2. The first-order valence-corrected chi connectivity index (χ1v) is 5.18. The van der Waals surface area contributed by atoms with Crippen LogP contribution in [0.25, 0.3) is 0 Å². The van der Waals surface area contributed by atoms with E-state index in [1.807, 2.05) is 20.1 Å². The minimum Gasteiger partial charge on any atom is -0.347 e. The summed E-state index contributed by atoms with van der Waals surface area (Å²) in [5.74, 6) is -0.496. The van der Waals surface area contributed by atoms with Crippen molar-refractivity contribution in [3.63, 3.8) is 0 Å². The van der Waals surface area contributed by atoms with Crippen molar-refractivity contribution in [1.82, 2.24) is 0 Å². The molecule has 86 valence electrons. The van der Waals surface area contributed by atoms with Crippen LogP contribution in [-0.2, 0) is 9.47 Å². The van der Waals surface area contributed by atoms with Gasteiger partial charge in [0.1, 0.15) is 6.10 Å². The van der Waals surface area contributed by atoms with Crippen LogP contribution >= 0.6 is 0 Å². The van der Waals surface area contributed by atoms with Crippen LogP contribution in [0.1, 0.15) is 34.6 Å². The summed E-state index contributed by atoms with van der Waals surface area (Å²) in [6, 6.07) is 0. The third-order valence-corrected chi connectivity index (χ3v) is 1.78. The number of rotatable bonds is 2. The molecule has 1 aliphatic heterocycles. The third kappa shape index (κ3) is 5.04. The molecule has 1 atom stereocenters. The molecule has 0 spiro atoms. The average Bonchev–Trinajstić information content (AvgIpc) is 2.38. The molecular weight excluding hydrogens is 192 g/mol. The molecule has 1 aliphatic rings. The molecule has 0 aromatic heterocycles. The predicted molar refractivity (Wildman–Crippen MR) is 61.3 cm³/mol. The lowest BCUT2D eigenvalue weighted by atomic mass is 9.99. The van der Waals surface area contributed by atoms with Gasteiger partial charge in [0.15, 0.2) is 5.79 Å². The van der Waals surface area contributed by atoms with Gasteiger partial charge in [0, 0.05) is 6.21 Å². The quantitative estimate of drug-likeness (QED) is 0.520. The first kappa shape index (κ1) is 12.3. The first-order chi connectivity index (χ1) is 6.79. The standard InChI is InChI=1S/C11H20N2O2/c1-10(2,3)8-13-12-6-9-7-14-11(4,5)15-9/h6,8-9H,7H2,1-5H3/b12-6+,13-8+/t9-/m0/s1. The van der Waals surface area contributed by atoms with Gasteiger partial charge in [0.25, 0.3) is 0 Å². The van der Waals surface area contributed by atoms with E-state index in [1.165, 1.54) is 0 Å². The van der Waals surface area contributed by atoms with Gasteiger partial charge < -0.3 is 9.47 Å². The van der Waals surface area contributed by atoms with Crippen LogP contribution in [0.15, 0.2) is 10.2 Å². The zero-order valence-electron chi connectivity index (χ0n) is 10.2. The van der Waals surface area contributed by atoms with Crippen molar-refractivity contribution in [1.29, 1.82) is 0 Å². The second kappa shape index (κ2) is 4.41. The molecule has 15 heavy (non-hydrogen) atoms. The van der Waals surface area contributed by atoms with Gasteiger partial charge >= 0.3 is 0 Å². The molecule has 0 N–H and O–H groups in total. The Morgan fingerprint density at radius 1 is 1.27 bits per heavy atom. The van der Waals surface area contributed by atoms with Crippen LogP contribution < -0.4 is 0 Å². The highest BCUT2D eigenvalue weighted by Crippen LogP contribution is 2.21. The van der Waals surface area contributed by atoms with Crippen molar-refractivity contribution in [3.05, 3.63) is 0 Å². The lowest BCUT2D eigenvalue weighted by molar-refractivity contribution is -0.130. The molecule has 0 amide bonds. The SMILES string of the molecule is CC(C)(C)/C=N/N=C/[C@H]1COC(C)(C)O1. The topological polar surface area (TPSA) is 43.2 Å². The summed E-state index contributed by atoms with van der Waals surface area (Å²) in [5.41, 5.74) is 0.0592. The molecule has 0 radical (unpaired) electrons. The molecule has 0 saturated carbocycles. The zero-order chi connectivity index (χ0) is 11.5. The highest BCUT2D eigenvalue weighted by Gasteiger charge is 2.31. The van der Waals surface area contributed by atoms with Crippen molar-refractivity contribution in [3.8, 4) is 0 Å². The monoisotopic (exact) mass is 212 g/mol. The molecule has 1 heterocycles. The Morgan fingerprint density at radius 3 is 2.40 bits per heavy atom. The van der Waals surface area contributed by atoms with Gasteiger partial charge in [0.05, 0.1) is 12.8 Å². The Balaban J connectivity index is 2.37. The van der Waals surface area contributed by atoms with Gasteiger partial charge in [-0.25, -0.2) is 0 Å². The molecule has 0 bridgehead atoms.